The molecule has 1 aliphatic rings. The van der Waals surface area contributed by atoms with Crippen LogP contribution in [0.25, 0.3) is 0 Å². The van der Waals surface area contributed by atoms with Gasteiger partial charge in [-0.3, -0.25) is 4.79 Å². The lowest BCUT2D eigenvalue weighted by atomic mass is 10.1. The minimum Gasteiger partial charge on any atom is -0.508 e. The van der Waals surface area contributed by atoms with Crippen LogP contribution in [0.15, 0.2) is 42.5 Å². The molecule has 0 radical (unpaired) electrons. The maximum Gasteiger partial charge on any atom is 0.331 e. The number of hydrogen-bond donors (Lipinski definition) is 2. The predicted octanol–water partition coefficient (Wildman–Crippen LogP) is 1.78. The van der Waals surface area contributed by atoms with Gasteiger partial charge in [-0.1, -0.05) is 18.2 Å². The Morgan fingerprint density at radius 2 is 2.00 bits per heavy atom. The number of phenolic OH excluding ortho intramolecular Hbond substituents is 1. The van der Waals surface area contributed by atoms with Crippen molar-refractivity contribution >= 4 is 17.6 Å². The Morgan fingerprint density at radius 1 is 1.24 bits per heavy atom. The van der Waals surface area contributed by atoms with Crippen LogP contribution >= 0.6 is 0 Å². The van der Waals surface area contributed by atoms with E-state index in [1.165, 1.54) is 0 Å². The van der Waals surface area contributed by atoms with E-state index in [4.69, 9.17) is 4.74 Å². The van der Waals surface area contributed by atoms with Gasteiger partial charge in [0.25, 0.3) is 0 Å². The second kappa shape index (κ2) is 7.25. The number of ether oxygens (including phenoxy) is 1. The highest BCUT2D eigenvalue weighted by molar-refractivity contribution is 5.89. The molecule has 3 rings (SSSR count). The molecule has 0 saturated carbocycles. The minimum absolute atomic E-state index is 0.0574. The third kappa shape index (κ3) is 4.29. The Morgan fingerprint density at radius 3 is 2.76 bits per heavy atom. The number of phenols is 1. The van der Waals surface area contributed by atoms with Crippen molar-refractivity contribution < 1.29 is 19.4 Å². The van der Waals surface area contributed by atoms with Gasteiger partial charge in [0.05, 0.1) is 12.2 Å². The molecule has 0 aromatic heterocycles. The lowest BCUT2D eigenvalue weighted by Gasteiger charge is -2.29. The molecule has 6 heteroatoms. The smallest absolute Gasteiger partial charge is 0.331 e. The molecular weight excluding hydrogens is 320 g/mol. The Labute approximate surface area is 146 Å². The van der Waals surface area contributed by atoms with Crippen LogP contribution in [0.5, 0.6) is 11.5 Å². The molecule has 2 aromatic carbocycles. The molecule has 25 heavy (non-hydrogen) atoms. The number of nitrogens with one attached hydrogen (secondary N) is 1. The van der Waals surface area contributed by atoms with Crippen LogP contribution in [0.4, 0.5) is 5.69 Å². The number of esters is 1. The SMILES string of the molecule is Cc1ccc2c(c1)N(CC(=O)NCCc1ccc(O)cc1)CC(=O)O2. The first kappa shape index (κ1) is 16.8. The van der Waals surface area contributed by atoms with E-state index in [2.05, 4.69) is 5.32 Å². The molecule has 1 aliphatic heterocycles. The number of fused-ring (bicyclic) bond motifs is 1. The summed E-state index contributed by atoms with van der Waals surface area (Å²) in [6.07, 6.45) is 0.670. The van der Waals surface area contributed by atoms with Crippen molar-refractivity contribution in [1.82, 2.24) is 5.32 Å². The first-order valence-corrected chi connectivity index (χ1v) is 8.12. The Bertz CT molecular complexity index is 787. The fraction of sp³-hybridized carbons (Fsp3) is 0.263. The summed E-state index contributed by atoms with van der Waals surface area (Å²) in [6, 6.07) is 12.4. The number of aromatic hydroxyl groups is 1. The van der Waals surface area contributed by atoms with Crippen molar-refractivity contribution in [1.29, 1.82) is 0 Å². The standard InChI is InChI=1S/C19H20N2O4/c1-13-2-7-17-16(10-13)21(12-19(24)25-17)11-18(23)20-9-8-14-3-5-15(22)6-4-14/h2-7,10,22H,8-9,11-12H2,1H3,(H,20,23). The highest BCUT2D eigenvalue weighted by atomic mass is 16.5. The fourth-order valence-corrected chi connectivity index (χ4v) is 2.74. The molecule has 1 heterocycles. The Balaban J connectivity index is 1.57. The molecule has 1 amide bonds. The summed E-state index contributed by atoms with van der Waals surface area (Å²) in [5.41, 5.74) is 2.82. The minimum atomic E-state index is -0.367. The molecule has 0 unspecified atom stereocenters. The summed E-state index contributed by atoms with van der Waals surface area (Å²) in [5, 5.41) is 12.1. The number of nitrogens with zero attached hydrogens (tertiary/aromatic N) is 1. The van der Waals surface area contributed by atoms with Crippen LogP contribution in [-0.4, -0.2) is 36.6 Å². The van der Waals surface area contributed by atoms with E-state index in [-0.39, 0.29) is 30.7 Å². The molecule has 130 valence electrons. The van der Waals surface area contributed by atoms with Crippen molar-refractivity contribution in [2.24, 2.45) is 0 Å². The van der Waals surface area contributed by atoms with Crippen molar-refractivity contribution in [3.63, 3.8) is 0 Å². The van der Waals surface area contributed by atoms with Crippen LogP contribution in [-0.2, 0) is 16.0 Å². The van der Waals surface area contributed by atoms with Gasteiger partial charge in [0.2, 0.25) is 5.91 Å². The summed E-state index contributed by atoms with van der Waals surface area (Å²) in [5.74, 6) is 0.187. The molecule has 0 saturated heterocycles. The monoisotopic (exact) mass is 340 g/mol. The van der Waals surface area contributed by atoms with Crippen LogP contribution < -0.4 is 15.0 Å². The largest absolute Gasteiger partial charge is 0.508 e. The molecule has 2 aromatic rings. The average Bonchev–Trinajstić information content (AvgIpc) is 2.57. The number of amides is 1. The third-order valence-electron chi connectivity index (χ3n) is 4.01. The number of hydrogen-bond acceptors (Lipinski definition) is 5. The van der Waals surface area contributed by atoms with Gasteiger partial charge in [-0.05, 0) is 48.7 Å². The van der Waals surface area contributed by atoms with Gasteiger partial charge in [-0.15, -0.1) is 0 Å². The summed E-state index contributed by atoms with van der Waals surface area (Å²) in [4.78, 5) is 25.7. The third-order valence-corrected chi connectivity index (χ3v) is 4.01. The zero-order valence-electron chi connectivity index (χ0n) is 14.0. The van der Waals surface area contributed by atoms with Gasteiger partial charge in [0, 0.05) is 6.54 Å². The van der Waals surface area contributed by atoms with Gasteiger partial charge in [-0.25, -0.2) is 4.79 Å². The number of aryl methyl sites for hydroxylation is 1. The average molecular weight is 340 g/mol. The number of rotatable bonds is 5. The summed E-state index contributed by atoms with van der Waals surface area (Å²) in [7, 11) is 0. The van der Waals surface area contributed by atoms with Gasteiger partial charge >= 0.3 is 5.97 Å². The lowest BCUT2D eigenvalue weighted by Crippen LogP contribution is -2.43. The lowest BCUT2D eigenvalue weighted by molar-refractivity contribution is -0.133. The highest BCUT2D eigenvalue weighted by Gasteiger charge is 2.25. The molecule has 0 spiro atoms. The van der Waals surface area contributed by atoms with Crippen molar-refractivity contribution in [2.45, 2.75) is 13.3 Å². The summed E-state index contributed by atoms with van der Waals surface area (Å²) < 4.78 is 5.21. The second-order valence-corrected chi connectivity index (χ2v) is 6.07. The zero-order chi connectivity index (χ0) is 17.8. The molecular formula is C19H20N2O4. The number of anilines is 1. The van der Waals surface area contributed by atoms with Crippen LogP contribution in [0.2, 0.25) is 0 Å². The Hall–Kier alpha value is -3.02. The van der Waals surface area contributed by atoms with E-state index in [1.54, 1.807) is 23.1 Å². The first-order valence-electron chi connectivity index (χ1n) is 8.12. The van der Waals surface area contributed by atoms with Crippen molar-refractivity contribution in [3.8, 4) is 11.5 Å². The summed E-state index contributed by atoms with van der Waals surface area (Å²) >= 11 is 0. The topological polar surface area (TPSA) is 78.9 Å². The van der Waals surface area contributed by atoms with E-state index in [0.29, 0.717) is 18.7 Å². The van der Waals surface area contributed by atoms with Gasteiger partial charge < -0.3 is 20.1 Å². The molecule has 0 aliphatic carbocycles. The first-order chi connectivity index (χ1) is 12.0. The van der Waals surface area contributed by atoms with E-state index in [1.807, 2.05) is 31.2 Å². The van der Waals surface area contributed by atoms with Crippen LogP contribution in [0, 0.1) is 6.92 Å². The number of carbonyl (C=O) groups is 2. The normalized spacial score (nSPS) is 13.2. The van der Waals surface area contributed by atoms with E-state index in [0.717, 1.165) is 16.8 Å². The van der Waals surface area contributed by atoms with Crippen molar-refractivity contribution in [3.05, 3.63) is 53.6 Å². The van der Waals surface area contributed by atoms with Crippen molar-refractivity contribution in [2.75, 3.05) is 24.5 Å². The van der Waals surface area contributed by atoms with E-state index in [9.17, 15) is 14.7 Å². The predicted molar refractivity (Wildman–Crippen MR) is 93.8 cm³/mol. The molecule has 0 atom stereocenters. The maximum atomic E-state index is 12.2. The fourth-order valence-electron chi connectivity index (χ4n) is 2.74. The van der Waals surface area contributed by atoms with Crippen LogP contribution in [0.3, 0.4) is 0 Å². The maximum absolute atomic E-state index is 12.2. The molecule has 6 nitrogen and oxygen atoms in total. The molecule has 2 N–H and O–H groups in total. The number of benzene rings is 2. The number of carbonyl (C=O) groups excluding carboxylic acids is 2. The Kier molecular flexibility index (Phi) is 4.88. The quantitative estimate of drug-likeness (QED) is 0.641. The summed E-state index contributed by atoms with van der Waals surface area (Å²) in [6.45, 7) is 2.60. The molecule has 0 bridgehead atoms. The molecule has 0 fully saturated rings. The highest BCUT2D eigenvalue weighted by Crippen LogP contribution is 2.32. The van der Waals surface area contributed by atoms with Gasteiger partial charge in [0.15, 0.2) is 5.75 Å². The second-order valence-electron chi connectivity index (χ2n) is 6.07. The van der Waals surface area contributed by atoms with Gasteiger partial charge in [-0.2, -0.15) is 0 Å². The van der Waals surface area contributed by atoms with Gasteiger partial charge in [0.1, 0.15) is 12.3 Å². The van der Waals surface area contributed by atoms with Crippen LogP contribution in [0.1, 0.15) is 11.1 Å². The zero-order valence-corrected chi connectivity index (χ0v) is 14.0. The van der Waals surface area contributed by atoms with E-state index >= 15 is 0 Å². The van der Waals surface area contributed by atoms with E-state index < -0.39 is 0 Å².